The third-order valence-electron chi connectivity index (χ3n) is 2.35. The fraction of sp³-hybridized carbons (Fsp3) is 0.333. The summed E-state index contributed by atoms with van der Waals surface area (Å²) in [5.74, 6) is 0.00326. The first-order valence-corrected chi connectivity index (χ1v) is 7.12. The first-order valence-electron chi connectivity index (χ1n) is 6.33. The Bertz CT molecular complexity index is 547. The maximum absolute atomic E-state index is 11.6. The van der Waals surface area contributed by atoms with Gasteiger partial charge in [0, 0.05) is 10.0 Å². The highest BCUT2D eigenvalue weighted by Crippen LogP contribution is 2.26. The highest BCUT2D eigenvalue weighted by atomic mass is 79.9. The Labute approximate surface area is 127 Å². The molecule has 0 amide bonds. The van der Waals surface area contributed by atoms with E-state index in [1.165, 1.54) is 6.08 Å². The van der Waals surface area contributed by atoms with Crippen LogP contribution in [0.4, 0.5) is 0 Å². The summed E-state index contributed by atoms with van der Waals surface area (Å²) in [5.41, 5.74) is 0.615. The average molecular weight is 338 g/mol. The molecule has 0 aliphatic heterocycles. The Hall–Kier alpha value is -1.80. The summed E-state index contributed by atoms with van der Waals surface area (Å²) in [4.78, 5) is 11.6. The second-order valence-electron chi connectivity index (χ2n) is 3.92. The van der Waals surface area contributed by atoms with Crippen molar-refractivity contribution in [3.8, 4) is 11.8 Å². The van der Waals surface area contributed by atoms with Gasteiger partial charge in [0.15, 0.2) is 0 Å². The molecule has 1 aromatic carbocycles. The van der Waals surface area contributed by atoms with Crippen molar-refractivity contribution in [3.05, 3.63) is 33.8 Å². The molecule has 0 N–H and O–H groups in total. The number of carbonyl (C=O) groups is 1. The van der Waals surface area contributed by atoms with Crippen LogP contribution in [0.15, 0.2) is 28.2 Å². The molecule has 0 heterocycles. The Morgan fingerprint density at radius 1 is 1.45 bits per heavy atom. The van der Waals surface area contributed by atoms with Crippen molar-refractivity contribution in [1.82, 2.24) is 0 Å². The summed E-state index contributed by atoms with van der Waals surface area (Å²) >= 11 is 3.36. The first kappa shape index (κ1) is 16.3. The van der Waals surface area contributed by atoms with Crippen LogP contribution < -0.4 is 4.74 Å². The number of hydrogen-bond acceptors (Lipinski definition) is 4. The molecule has 0 spiro atoms. The van der Waals surface area contributed by atoms with Gasteiger partial charge in [-0.05, 0) is 37.6 Å². The minimum atomic E-state index is -0.628. The summed E-state index contributed by atoms with van der Waals surface area (Å²) in [7, 11) is 0. The largest absolute Gasteiger partial charge is 0.493 e. The lowest BCUT2D eigenvalue weighted by molar-refractivity contribution is -0.137. The van der Waals surface area contributed by atoms with Gasteiger partial charge in [-0.15, -0.1) is 0 Å². The van der Waals surface area contributed by atoms with E-state index in [1.54, 1.807) is 19.1 Å². The van der Waals surface area contributed by atoms with Gasteiger partial charge in [-0.3, -0.25) is 0 Å². The molecule has 1 rings (SSSR count). The lowest BCUT2D eigenvalue weighted by Gasteiger charge is -2.09. The normalized spacial score (nSPS) is 10.8. The van der Waals surface area contributed by atoms with Crippen molar-refractivity contribution in [2.24, 2.45) is 0 Å². The predicted octanol–water partition coefficient (Wildman–Crippen LogP) is 3.71. The van der Waals surface area contributed by atoms with Gasteiger partial charge in [0.2, 0.25) is 0 Å². The minimum absolute atomic E-state index is 0.0497. The highest BCUT2D eigenvalue weighted by Gasteiger charge is 2.12. The number of carbonyl (C=O) groups excluding carboxylic acids is 1. The van der Waals surface area contributed by atoms with Crippen molar-refractivity contribution in [2.45, 2.75) is 20.3 Å². The van der Waals surface area contributed by atoms with Crippen LogP contribution in [-0.2, 0) is 9.53 Å². The number of hydrogen-bond donors (Lipinski definition) is 0. The molecule has 0 saturated heterocycles. The van der Waals surface area contributed by atoms with Gasteiger partial charge in [-0.2, -0.15) is 5.26 Å². The smallest absolute Gasteiger partial charge is 0.348 e. The second-order valence-corrected chi connectivity index (χ2v) is 4.84. The molecule has 0 fully saturated rings. The molecular weight excluding hydrogens is 322 g/mol. The number of halogens is 1. The molecule has 0 aliphatic rings. The Balaban J connectivity index is 3.12. The van der Waals surface area contributed by atoms with Crippen LogP contribution in [0, 0.1) is 11.3 Å². The Morgan fingerprint density at radius 2 is 2.20 bits per heavy atom. The molecular formula is C15H16BrNO3. The third-order valence-corrected chi connectivity index (χ3v) is 2.84. The summed E-state index contributed by atoms with van der Waals surface area (Å²) in [5, 5.41) is 9.05. The number of esters is 1. The number of nitriles is 1. The minimum Gasteiger partial charge on any atom is -0.493 e. The van der Waals surface area contributed by atoms with Crippen molar-refractivity contribution >= 4 is 28.0 Å². The number of rotatable bonds is 6. The van der Waals surface area contributed by atoms with Crippen molar-refractivity contribution in [1.29, 1.82) is 5.26 Å². The quantitative estimate of drug-likeness (QED) is 0.451. The molecule has 5 heteroatoms. The van der Waals surface area contributed by atoms with Crippen LogP contribution in [0.25, 0.3) is 6.08 Å². The molecule has 106 valence electrons. The van der Waals surface area contributed by atoms with Gasteiger partial charge in [-0.25, -0.2) is 4.79 Å². The van der Waals surface area contributed by atoms with E-state index in [1.807, 2.05) is 19.1 Å². The fourth-order valence-corrected chi connectivity index (χ4v) is 1.86. The summed E-state index contributed by atoms with van der Waals surface area (Å²) < 4.78 is 11.3. The molecule has 0 radical (unpaired) electrons. The Morgan fingerprint density at radius 3 is 2.80 bits per heavy atom. The van der Waals surface area contributed by atoms with Gasteiger partial charge >= 0.3 is 5.97 Å². The van der Waals surface area contributed by atoms with Crippen LogP contribution in [0.2, 0.25) is 0 Å². The molecule has 0 aromatic heterocycles. The van der Waals surface area contributed by atoms with E-state index in [-0.39, 0.29) is 12.2 Å². The second kappa shape index (κ2) is 8.39. The molecule has 0 saturated carbocycles. The average Bonchev–Trinajstić information content (AvgIpc) is 2.44. The van der Waals surface area contributed by atoms with Crippen LogP contribution >= 0.6 is 15.9 Å². The number of benzene rings is 1. The van der Waals surface area contributed by atoms with E-state index in [0.717, 1.165) is 10.9 Å². The molecule has 20 heavy (non-hydrogen) atoms. The lowest BCUT2D eigenvalue weighted by atomic mass is 10.1. The first-order chi connectivity index (χ1) is 9.62. The monoisotopic (exact) mass is 337 g/mol. The van der Waals surface area contributed by atoms with Gasteiger partial charge in [0.1, 0.15) is 17.4 Å². The summed E-state index contributed by atoms with van der Waals surface area (Å²) in [6.45, 7) is 4.51. The molecule has 4 nitrogen and oxygen atoms in total. The zero-order chi connectivity index (χ0) is 15.0. The van der Waals surface area contributed by atoms with Gasteiger partial charge in [0.05, 0.1) is 13.2 Å². The van der Waals surface area contributed by atoms with E-state index < -0.39 is 5.97 Å². The van der Waals surface area contributed by atoms with Crippen molar-refractivity contribution < 1.29 is 14.3 Å². The van der Waals surface area contributed by atoms with Crippen LogP contribution in [0.1, 0.15) is 25.8 Å². The van der Waals surface area contributed by atoms with E-state index in [2.05, 4.69) is 15.9 Å². The van der Waals surface area contributed by atoms with Gasteiger partial charge < -0.3 is 9.47 Å². The fourth-order valence-electron chi connectivity index (χ4n) is 1.48. The zero-order valence-corrected chi connectivity index (χ0v) is 13.1. The van der Waals surface area contributed by atoms with E-state index in [4.69, 9.17) is 14.7 Å². The Kier molecular flexibility index (Phi) is 6.82. The zero-order valence-electron chi connectivity index (χ0n) is 11.5. The molecule has 0 unspecified atom stereocenters. The highest BCUT2D eigenvalue weighted by molar-refractivity contribution is 9.10. The topological polar surface area (TPSA) is 59.3 Å². The van der Waals surface area contributed by atoms with Crippen LogP contribution in [0.3, 0.4) is 0 Å². The van der Waals surface area contributed by atoms with Gasteiger partial charge in [-0.1, -0.05) is 22.9 Å². The number of nitrogens with zero attached hydrogens (tertiary/aromatic N) is 1. The molecule has 1 aromatic rings. The summed E-state index contributed by atoms with van der Waals surface area (Å²) in [6.07, 6.45) is 2.36. The maximum atomic E-state index is 11.6. The molecule has 0 bridgehead atoms. The van der Waals surface area contributed by atoms with Crippen molar-refractivity contribution in [3.63, 3.8) is 0 Å². The lowest BCUT2D eigenvalue weighted by Crippen LogP contribution is -2.06. The SMILES string of the molecule is CCCOc1ccc(Br)cc1C=C(C#N)C(=O)OCC. The third kappa shape index (κ3) is 4.71. The van der Waals surface area contributed by atoms with E-state index >= 15 is 0 Å². The molecule has 0 aliphatic carbocycles. The standard InChI is InChI=1S/C15H16BrNO3/c1-3-7-20-14-6-5-13(16)9-11(14)8-12(10-17)15(18)19-4-2/h5-6,8-9H,3-4,7H2,1-2H3. The van der Waals surface area contributed by atoms with E-state index in [9.17, 15) is 4.79 Å². The van der Waals surface area contributed by atoms with Gasteiger partial charge in [0.25, 0.3) is 0 Å². The maximum Gasteiger partial charge on any atom is 0.348 e. The summed E-state index contributed by atoms with van der Waals surface area (Å²) in [6, 6.07) is 7.29. The predicted molar refractivity (Wildman–Crippen MR) is 80.2 cm³/mol. The van der Waals surface area contributed by atoms with Crippen LogP contribution in [0.5, 0.6) is 5.75 Å². The van der Waals surface area contributed by atoms with E-state index in [0.29, 0.717) is 17.9 Å². The van der Waals surface area contributed by atoms with Crippen molar-refractivity contribution in [2.75, 3.05) is 13.2 Å². The number of ether oxygens (including phenoxy) is 2. The van der Waals surface area contributed by atoms with Crippen LogP contribution in [-0.4, -0.2) is 19.2 Å². The molecule has 0 atom stereocenters.